The maximum atomic E-state index is 8.57. The Labute approximate surface area is 91.8 Å². The number of rotatable bonds is 5. The summed E-state index contributed by atoms with van der Waals surface area (Å²) in [5.74, 6) is 0.731. The van der Waals surface area contributed by atoms with Crippen LogP contribution >= 0.6 is 0 Å². The van der Waals surface area contributed by atoms with Crippen LogP contribution in [0.5, 0.6) is 0 Å². The standard InChI is InChI=1S/C11H19NO2Si/c1-4-15(5-2,6-3)11-7-8-14-10(11)9-12-13/h7-9,13H,4-6H2,1-3H3. The van der Waals surface area contributed by atoms with E-state index in [1.54, 1.807) is 6.26 Å². The van der Waals surface area contributed by atoms with Crippen molar-refractivity contribution in [3.8, 4) is 0 Å². The van der Waals surface area contributed by atoms with E-state index in [0.717, 1.165) is 5.76 Å². The summed E-state index contributed by atoms with van der Waals surface area (Å²) < 4.78 is 5.34. The van der Waals surface area contributed by atoms with E-state index in [9.17, 15) is 0 Å². The topological polar surface area (TPSA) is 45.7 Å². The molecule has 1 heterocycles. The van der Waals surface area contributed by atoms with Crippen LogP contribution in [0.3, 0.4) is 0 Å². The van der Waals surface area contributed by atoms with E-state index in [0.29, 0.717) is 0 Å². The molecule has 1 rings (SSSR count). The van der Waals surface area contributed by atoms with Crippen LogP contribution in [-0.2, 0) is 0 Å². The first-order valence-electron chi connectivity index (χ1n) is 5.49. The van der Waals surface area contributed by atoms with Crippen LogP contribution < -0.4 is 5.19 Å². The fourth-order valence-electron chi connectivity index (χ4n) is 2.23. The fraction of sp³-hybridized carbons (Fsp3) is 0.545. The zero-order chi connectivity index (χ0) is 11.3. The van der Waals surface area contributed by atoms with Gasteiger partial charge in [-0.05, 0) is 11.3 Å². The lowest BCUT2D eigenvalue weighted by Gasteiger charge is -2.27. The van der Waals surface area contributed by atoms with E-state index in [2.05, 4.69) is 25.9 Å². The van der Waals surface area contributed by atoms with Crippen molar-refractivity contribution in [2.24, 2.45) is 5.16 Å². The van der Waals surface area contributed by atoms with Crippen molar-refractivity contribution in [3.05, 3.63) is 18.1 Å². The van der Waals surface area contributed by atoms with Gasteiger partial charge in [-0.15, -0.1) is 0 Å². The molecule has 0 spiro atoms. The maximum Gasteiger partial charge on any atom is 0.147 e. The van der Waals surface area contributed by atoms with Crippen LogP contribution in [0.1, 0.15) is 26.5 Å². The Morgan fingerprint density at radius 3 is 2.40 bits per heavy atom. The van der Waals surface area contributed by atoms with Gasteiger partial charge in [-0.1, -0.05) is 44.1 Å². The highest BCUT2D eigenvalue weighted by Gasteiger charge is 2.32. The molecule has 0 bridgehead atoms. The first-order chi connectivity index (χ1) is 7.24. The normalized spacial score (nSPS) is 12.5. The zero-order valence-corrected chi connectivity index (χ0v) is 10.7. The van der Waals surface area contributed by atoms with Crippen LogP contribution in [0.15, 0.2) is 21.9 Å². The zero-order valence-electron chi connectivity index (χ0n) is 9.66. The minimum atomic E-state index is -1.42. The molecule has 1 N–H and O–H groups in total. The Bertz CT molecular complexity index is 321. The van der Waals surface area contributed by atoms with Gasteiger partial charge < -0.3 is 9.62 Å². The molecule has 0 fully saturated rings. The van der Waals surface area contributed by atoms with Crippen molar-refractivity contribution in [1.29, 1.82) is 0 Å². The summed E-state index contributed by atoms with van der Waals surface area (Å²) in [6.45, 7) is 6.73. The lowest BCUT2D eigenvalue weighted by molar-refractivity contribution is 0.320. The summed E-state index contributed by atoms with van der Waals surface area (Å²) >= 11 is 0. The number of furan rings is 1. The summed E-state index contributed by atoms with van der Waals surface area (Å²) in [5.41, 5.74) is 0. The largest absolute Gasteiger partial charge is 0.463 e. The van der Waals surface area contributed by atoms with Gasteiger partial charge in [-0.3, -0.25) is 0 Å². The van der Waals surface area contributed by atoms with Crippen molar-refractivity contribution in [1.82, 2.24) is 0 Å². The quantitative estimate of drug-likeness (QED) is 0.362. The molecule has 0 saturated carbocycles. The molecule has 4 heteroatoms. The first kappa shape index (κ1) is 12.0. The predicted octanol–water partition coefficient (Wildman–Crippen LogP) is 2.80. The SMILES string of the molecule is CC[Si](CC)(CC)c1ccoc1C=NO. The van der Waals surface area contributed by atoms with E-state index in [1.807, 2.05) is 6.07 Å². The molecule has 3 nitrogen and oxygen atoms in total. The second-order valence-corrected chi connectivity index (χ2v) is 9.00. The van der Waals surface area contributed by atoms with Gasteiger partial charge in [0.15, 0.2) is 0 Å². The predicted molar refractivity (Wildman–Crippen MR) is 64.9 cm³/mol. The van der Waals surface area contributed by atoms with Crippen LogP contribution in [0.2, 0.25) is 18.1 Å². The van der Waals surface area contributed by atoms with Gasteiger partial charge in [-0.25, -0.2) is 0 Å². The second kappa shape index (κ2) is 5.16. The van der Waals surface area contributed by atoms with Crippen molar-refractivity contribution in [2.75, 3.05) is 0 Å². The first-order valence-corrected chi connectivity index (χ1v) is 8.11. The summed E-state index contributed by atoms with van der Waals surface area (Å²) in [6.07, 6.45) is 3.09. The molecule has 15 heavy (non-hydrogen) atoms. The minimum absolute atomic E-state index is 0.731. The van der Waals surface area contributed by atoms with Gasteiger partial charge in [-0.2, -0.15) is 0 Å². The van der Waals surface area contributed by atoms with Gasteiger partial charge in [0.2, 0.25) is 0 Å². The van der Waals surface area contributed by atoms with Crippen molar-refractivity contribution < 1.29 is 9.62 Å². The van der Waals surface area contributed by atoms with Gasteiger partial charge in [0.05, 0.1) is 14.3 Å². The number of hydrogen-bond donors (Lipinski definition) is 1. The smallest absolute Gasteiger partial charge is 0.147 e. The molecule has 0 amide bonds. The molecule has 0 aromatic carbocycles. The lowest BCUT2D eigenvalue weighted by Crippen LogP contribution is -2.46. The Balaban J connectivity index is 3.16. The van der Waals surface area contributed by atoms with Crippen LogP contribution in [-0.4, -0.2) is 19.5 Å². The van der Waals surface area contributed by atoms with E-state index >= 15 is 0 Å². The molecular formula is C11H19NO2Si. The molecule has 1 aromatic rings. The number of nitrogens with zero attached hydrogens (tertiary/aromatic N) is 1. The van der Waals surface area contributed by atoms with Crippen molar-refractivity contribution in [2.45, 2.75) is 38.9 Å². The minimum Gasteiger partial charge on any atom is -0.463 e. The van der Waals surface area contributed by atoms with Gasteiger partial charge in [0.1, 0.15) is 12.0 Å². The van der Waals surface area contributed by atoms with Gasteiger partial charge in [0.25, 0.3) is 0 Å². The number of oxime groups is 1. The van der Waals surface area contributed by atoms with Crippen molar-refractivity contribution in [3.63, 3.8) is 0 Å². The number of hydrogen-bond acceptors (Lipinski definition) is 3. The molecular weight excluding hydrogens is 206 g/mol. The van der Waals surface area contributed by atoms with E-state index in [1.165, 1.54) is 29.5 Å². The monoisotopic (exact) mass is 225 g/mol. The summed E-state index contributed by atoms with van der Waals surface area (Å²) in [6, 6.07) is 5.64. The van der Waals surface area contributed by atoms with E-state index in [-0.39, 0.29) is 0 Å². The third kappa shape index (κ3) is 2.14. The highest BCUT2D eigenvalue weighted by molar-refractivity contribution is 6.92. The van der Waals surface area contributed by atoms with E-state index in [4.69, 9.17) is 9.62 Å². The third-order valence-electron chi connectivity index (χ3n) is 3.47. The Kier molecular flexibility index (Phi) is 4.14. The van der Waals surface area contributed by atoms with Crippen molar-refractivity contribution >= 4 is 19.5 Å². The molecule has 0 aliphatic heterocycles. The molecule has 1 aromatic heterocycles. The van der Waals surface area contributed by atoms with E-state index < -0.39 is 8.07 Å². The lowest BCUT2D eigenvalue weighted by atomic mass is 10.5. The molecule has 0 unspecified atom stereocenters. The second-order valence-electron chi connectivity index (χ2n) is 3.78. The molecule has 0 radical (unpaired) electrons. The van der Waals surface area contributed by atoms with Crippen LogP contribution in [0, 0.1) is 0 Å². The van der Waals surface area contributed by atoms with Crippen LogP contribution in [0.25, 0.3) is 0 Å². The highest BCUT2D eigenvalue weighted by atomic mass is 28.3. The Hall–Kier alpha value is -1.03. The molecule has 0 atom stereocenters. The average Bonchev–Trinajstić information content (AvgIpc) is 2.71. The third-order valence-corrected chi connectivity index (χ3v) is 9.09. The summed E-state index contributed by atoms with van der Waals surface area (Å²) in [4.78, 5) is 0. The van der Waals surface area contributed by atoms with Gasteiger partial charge in [0, 0.05) is 0 Å². The van der Waals surface area contributed by atoms with Crippen LogP contribution in [0.4, 0.5) is 0 Å². The summed E-state index contributed by atoms with van der Waals surface area (Å²) in [7, 11) is -1.42. The highest BCUT2D eigenvalue weighted by Crippen LogP contribution is 2.21. The van der Waals surface area contributed by atoms with Gasteiger partial charge >= 0.3 is 0 Å². The maximum absolute atomic E-state index is 8.57. The molecule has 0 aliphatic carbocycles. The molecule has 84 valence electrons. The Morgan fingerprint density at radius 1 is 1.33 bits per heavy atom. The average molecular weight is 225 g/mol. The Morgan fingerprint density at radius 2 is 1.93 bits per heavy atom. The fourth-order valence-corrected chi connectivity index (χ4v) is 5.94. The molecule has 0 aliphatic rings. The molecule has 0 saturated heterocycles. The summed E-state index contributed by atoms with van der Waals surface area (Å²) in [5, 5.41) is 12.9.